The van der Waals surface area contributed by atoms with Crippen molar-refractivity contribution in [2.45, 2.75) is 19.9 Å². The normalized spacial score (nSPS) is 14.4. The summed E-state index contributed by atoms with van der Waals surface area (Å²) in [6.07, 6.45) is 0. The third kappa shape index (κ3) is 3.82. The van der Waals surface area contributed by atoms with Gasteiger partial charge in [-0.2, -0.15) is 0 Å². The predicted octanol–water partition coefficient (Wildman–Crippen LogP) is 3.30. The van der Waals surface area contributed by atoms with E-state index in [2.05, 4.69) is 5.32 Å². The van der Waals surface area contributed by atoms with E-state index in [1.54, 1.807) is 13.8 Å². The number of amides is 5. The third-order valence-corrected chi connectivity index (χ3v) is 3.16. The van der Waals surface area contributed by atoms with Crippen LogP contribution in [0.4, 0.5) is 15.3 Å². The maximum Gasteiger partial charge on any atom is 0.340 e. The van der Waals surface area contributed by atoms with Crippen molar-refractivity contribution < 1.29 is 14.4 Å². The highest BCUT2D eigenvalue weighted by Gasteiger charge is 2.41. The number of rotatable bonds is 2. The molecule has 0 saturated carbocycles. The number of nitrogens with zero attached hydrogens (tertiary/aromatic N) is 2. The molecular weight excluding hydrogens is 353 g/mol. The molecule has 1 aromatic rings. The van der Waals surface area contributed by atoms with Gasteiger partial charge in [0.15, 0.2) is 0 Å². The number of benzene rings is 1. The topological polar surface area (TPSA) is 69.7 Å². The van der Waals surface area contributed by atoms with Crippen LogP contribution in [-0.4, -0.2) is 35.5 Å². The molecule has 1 aromatic carbocycles. The van der Waals surface area contributed by atoms with Gasteiger partial charge in [-0.05, 0) is 32.0 Å². The van der Waals surface area contributed by atoms with E-state index >= 15 is 0 Å². The molecule has 1 aliphatic heterocycles. The van der Waals surface area contributed by atoms with Crippen molar-refractivity contribution in [3.05, 3.63) is 28.2 Å². The van der Waals surface area contributed by atoms with E-state index in [4.69, 9.17) is 23.2 Å². The van der Waals surface area contributed by atoms with Crippen LogP contribution in [0.1, 0.15) is 13.8 Å². The standard InChI is InChI=1S/C13H13Cl2N3O3.ClH/c1-7(2)16-12(20)17-6-11(19)18(13(17)21)10-4-8(14)3-9(15)5-10;/h3-5,7H,6H2,1-2H3,(H,16,20);1H. The van der Waals surface area contributed by atoms with Gasteiger partial charge in [-0.25, -0.2) is 19.4 Å². The molecule has 1 heterocycles. The first-order valence-corrected chi connectivity index (χ1v) is 6.96. The molecule has 22 heavy (non-hydrogen) atoms. The lowest BCUT2D eigenvalue weighted by Crippen LogP contribution is -2.45. The summed E-state index contributed by atoms with van der Waals surface area (Å²) < 4.78 is 0. The van der Waals surface area contributed by atoms with Crippen molar-refractivity contribution in [1.82, 2.24) is 10.2 Å². The average molecular weight is 367 g/mol. The van der Waals surface area contributed by atoms with Gasteiger partial charge in [-0.1, -0.05) is 23.2 Å². The lowest BCUT2D eigenvalue weighted by molar-refractivity contribution is -0.116. The van der Waals surface area contributed by atoms with Crippen LogP contribution >= 0.6 is 35.6 Å². The van der Waals surface area contributed by atoms with Crippen molar-refractivity contribution in [2.24, 2.45) is 0 Å². The highest BCUT2D eigenvalue weighted by atomic mass is 35.5. The SMILES string of the molecule is CC(C)NC(=O)N1CC(=O)N(c2cc(Cl)cc(Cl)c2)C1=O.Cl. The molecule has 1 N–H and O–H groups in total. The number of halogens is 3. The molecule has 0 aliphatic carbocycles. The van der Waals surface area contributed by atoms with Crippen LogP contribution in [-0.2, 0) is 4.79 Å². The summed E-state index contributed by atoms with van der Waals surface area (Å²) in [4.78, 5) is 37.9. The van der Waals surface area contributed by atoms with Gasteiger partial charge in [0.05, 0.1) is 5.69 Å². The van der Waals surface area contributed by atoms with Gasteiger partial charge < -0.3 is 5.32 Å². The van der Waals surface area contributed by atoms with Gasteiger partial charge in [0.1, 0.15) is 6.54 Å². The van der Waals surface area contributed by atoms with Crippen molar-refractivity contribution in [2.75, 3.05) is 11.4 Å². The minimum Gasteiger partial charge on any atom is -0.335 e. The molecule has 5 amide bonds. The molecule has 2 rings (SSSR count). The summed E-state index contributed by atoms with van der Waals surface area (Å²) in [5.41, 5.74) is 0.238. The number of hydrogen-bond donors (Lipinski definition) is 1. The predicted molar refractivity (Wildman–Crippen MR) is 87.0 cm³/mol. The lowest BCUT2D eigenvalue weighted by atomic mass is 10.3. The molecule has 0 atom stereocenters. The summed E-state index contributed by atoms with van der Waals surface area (Å²) in [5.74, 6) is -0.516. The molecule has 1 aliphatic rings. The zero-order valence-electron chi connectivity index (χ0n) is 11.8. The third-order valence-electron chi connectivity index (χ3n) is 2.73. The Morgan fingerprint density at radius 1 is 1.18 bits per heavy atom. The van der Waals surface area contributed by atoms with Crippen molar-refractivity contribution in [3.63, 3.8) is 0 Å². The van der Waals surface area contributed by atoms with Crippen LogP contribution in [0.3, 0.4) is 0 Å². The Bertz CT molecular complexity index is 602. The number of carbonyl (C=O) groups excluding carboxylic acids is 3. The number of urea groups is 2. The first kappa shape index (κ1) is 18.5. The summed E-state index contributed by atoms with van der Waals surface area (Å²) in [6.45, 7) is 3.20. The van der Waals surface area contributed by atoms with Gasteiger partial charge in [-0.15, -0.1) is 12.4 Å². The lowest BCUT2D eigenvalue weighted by Gasteiger charge is -2.18. The fourth-order valence-corrected chi connectivity index (χ4v) is 2.42. The van der Waals surface area contributed by atoms with Crippen LogP contribution in [0.15, 0.2) is 18.2 Å². The van der Waals surface area contributed by atoms with Gasteiger partial charge in [0, 0.05) is 16.1 Å². The quantitative estimate of drug-likeness (QED) is 0.816. The molecule has 0 unspecified atom stereocenters. The van der Waals surface area contributed by atoms with Gasteiger partial charge >= 0.3 is 12.1 Å². The zero-order valence-corrected chi connectivity index (χ0v) is 14.1. The molecular formula is C13H14Cl3N3O3. The van der Waals surface area contributed by atoms with Crippen LogP contribution < -0.4 is 10.2 Å². The second-order valence-corrected chi connectivity index (χ2v) is 5.70. The fourth-order valence-electron chi connectivity index (χ4n) is 1.91. The molecule has 0 aromatic heterocycles. The van der Waals surface area contributed by atoms with Gasteiger partial charge in [0.2, 0.25) is 0 Å². The Morgan fingerprint density at radius 2 is 1.73 bits per heavy atom. The van der Waals surface area contributed by atoms with E-state index in [1.807, 2.05) is 0 Å². The number of imide groups is 2. The number of carbonyl (C=O) groups is 3. The molecule has 0 spiro atoms. The first-order chi connectivity index (χ1) is 9.79. The van der Waals surface area contributed by atoms with Gasteiger partial charge in [0.25, 0.3) is 5.91 Å². The van der Waals surface area contributed by atoms with Crippen LogP contribution in [0.25, 0.3) is 0 Å². The smallest absolute Gasteiger partial charge is 0.335 e. The monoisotopic (exact) mass is 365 g/mol. The van der Waals surface area contributed by atoms with Crippen LogP contribution in [0.2, 0.25) is 10.0 Å². The largest absolute Gasteiger partial charge is 0.340 e. The number of nitrogens with one attached hydrogen (secondary N) is 1. The first-order valence-electron chi connectivity index (χ1n) is 6.20. The van der Waals surface area contributed by atoms with Crippen LogP contribution in [0.5, 0.6) is 0 Å². The van der Waals surface area contributed by atoms with E-state index in [0.29, 0.717) is 10.0 Å². The second kappa shape index (κ2) is 7.17. The maximum absolute atomic E-state index is 12.2. The summed E-state index contributed by atoms with van der Waals surface area (Å²) in [6, 6.07) is 2.88. The van der Waals surface area contributed by atoms with Crippen molar-refractivity contribution in [1.29, 1.82) is 0 Å². The molecule has 1 saturated heterocycles. The van der Waals surface area contributed by atoms with E-state index in [1.165, 1.54) is 18.2 Å². The fraction of sp³-hybridized carbons (Fsp3) is 0.308. The van der Waals surface area contributed by atoms with Crippen molar-refractivity contribution in [3.8, 4) is 0 Å². The minimum absolute atomic E-state index is 0. The minimum atomic E-state index is -0.725. The Labute approximate surface area is 143 Å². The molecule has 9 heteroatoms. The van der Waals surface area contributed by atoms with Gasteiger partial charge in [-0.3, -0.25) is 4.79 Å². The maximum atomic E-state index is 12.2. The Morgan fingerprint density at radius 3 is 2.23 bits per heavy atom. The molecule has 0 radical (unpaired) electrons. The highest BCUT2D eigenvalue weighted by Crippen LogP contribution is 2.28. The van der Waals surface area contributed by atoms with Crippen LogP contribution in [0, 0.1) is 0 Å². The Kier molecular flexibility index (Phi) is 6.05. The summed E-state index contributed by atoms with van der Waals surface area (Å²) >= 11 is 11.7. The zero-order chi connectivity index (χ0) is 15.7. The highest BCUT2D eigenvalue weighted by molar-refractivity contribution is 6.35. The summed E-state index contributed by atoms with van der Waals surface area (Å²) in [7, 11) is 0. The van der Waals surface area contributed by atoms with Crippen molar-refractivity contribution >= 4 is 59.3 Å². The molecule has 1 fully saturated rings. The average Bonchev–Trinajstić information content (AvgIpc) is 2.62. The molecule has 6 nitrogen and oxygen atoms in total. The number of anilines is 1. The van der Waals surface area contributed by atoms with E-state index < -0.39 is 18.0 Å². The Hall–Kier alpha value is -1.50. The Balaban J connectivity index is 0.00000242. The molecule has 0 bridgehead atoms. The van der Waals surface area contributed by atoms with E-state index in [-0.39, 0.29) is 30.7 Å². The van der Waals surface area contributed by atoms with E-state index in [0.717, 1.165) is 9.80 Å². The summed E-state index contributed by atoms with van der Waals surface area (Å²) in [5, 5.41) is 3.15. The number of hydrogen-bond acceptors (Lipinski definition) is 3. The van der Waals surface area contributed by atoms with E-state index in [9.17, 15) is 14.4 Å². The molecule has 120 valence electrons. The second-order valence-electron chi connectivity index (χ2n) is 4.83.